The lowest BCUT2D eigenvalue weighted by atomic mass is 10.2. The maximum Gasteiger partial charge on any atom is 0.234 e. The molecule has 4 nitrogen and oxygen atoms in total. The number of hydrogen-bond donors (Lipinski definition) is 1. The van der Waals surface area contributed by atoms with Crippen molar-refractivity contribution in [3.63, 3.8) is 0 Å². The van der Waals surface area contributed by atoms with Crippen LogP contribution in [0.15, 0.2) is 0 Å². The number of nitriles is 1. The van der Waals surface area contributed by atoms with Gasteiger partial charge >= 0.3 is 0 Å². The Hall–Kier alpha value is -1.08. The highest BCUT2D eigenvalue weighted by molar-refractivity contribution is 5.78. The Balaban J connectivity index is 3.89. The summed E-state index contributed by atoms with van der Waals surface area (Å²) in [5.74, 6) is -0.0241. The van der Waals surface area contributed by atoms with Gasteiger partial charge in [-0.2, -0.15) is 5.26 Å². The van der Waals surface area contributed by atoms with E-state index in [0.717, 1.165) is 6.42 Å². The Labute approximate surface area is 85.9 Å². The first-order chi connectivity index (χ1) is 6.51. The molecule has 0 rings (SSSR count). The highest BCUT2D eigenvalue weighted by atomic mass is 16.2. The number of rotatable bonds is 5. The lowest BCUT2D eigenvalue weighted by Gasteiger charge is -2.19. The molecule has 0 aliphatic heterocycles. The van der Waals surface area contributed by atoms with E-state index in [-0.39, 0.29) is 24.5 Å². The fourth-order valence-electron chi connectivity index (χ4n) is 0.885. The van der Waals surface area contributed by atoms with Gasteiger partial charge in [-0.25, -0.2) is 0 Å². The summed E-state index contributed by atoms with van der Waals surface area (Å²) in [5.41, 5.74) is 0. The fraction of sp³-hybridized carbons (Fsp3) is 0.800. The minimum atomic E-state index is -0.224. The van der Waals surface area contributed by atoms with Gasteiger partial charge in [-0.15, -0.1) is 0 Å². The summed E-state index contributed by atoms with van der Waals surface area (Å²) in [5, 5.41) is 11.5. The van der Waals surface area contributed by atoms with Crippen molar-refractivity contribution >= 4 is 5.91 Å². The molecular weight excluding hydrogens is 178 g/mol. The monoisotopic (exact) mass is 197 g/mol. The first kappa shape index (κ1) is 12.9. The summed E-state index contributed by atoms with van der Waals surface area (Å²) in [6, 6.07) is 2.06. The molecule has 2 atom stereocenters. The predicted octanol–water partition coefficient (Wildman–Crippen LogP) is 0.745. The van der Waals surface area contributed by atoms with E-state index in [1.807, 2.05) is 13.8 Å². The molecule has 0 aromatic rings. The molecule has 1 N–H and O–H groups in total. The third kappa shape index (κ3) is 4.83. The molecule has 0 radical (unpaired) electrons. The van der Waals surface area contributed by atoms with Crippen molar-refractivity contribution in [3.05, 3.63) is 0 Å². The van der Waals surface area contributed by atoms with Crippen LogP contribution in [0.3, 0.4) is 0 Å². The molecule has 80 valence electrons. The van der Waals surface area contributed by atoms with E-state index in [2.05, 4.69) is 11.4 Å². The zero-order valence-electron chi connectivity index (χ0n) is 9.37. The zero-order chi connectivity index (χ0) is 11.1. The van der Waals surface area contributed by atoms with Crippen molar-refractivity contribution in [2.45, 2.75) is 39.3 Å². The van der Waals surface area contributed by atoms with Crippen LogP contribution in [0, 0.1) is 11.3 Å². The lowest BCUT2D eigenvalue weighted by Crippen LogP contribution is -2.41. The third-order valence-electron chi connectivity index (χ3n) is 2.26. The molecule has 2 unspecified atom stereocenters. The van der Waals surface area contributed by atoms with E-state index in [0.29, 0.717) is 0 Å². The number of nitrogens with one attached hydrogen (secondary N) is 1. The summed E-state index contributed by atoms with van der Waals surface area (Å²) in [6.45, 7) is 6.04. The fourth-order valence-corrected chi connectivity index (χ4v) is 0.885. The van der Waals surface area contributed by atoms with Crippen molar-refractivity contribution in [3.8, 4) is 6.07 Å². The van der Waals surface area contributed by atoms with E-state index < -0.39 is 0 Å². The molecule has 0 aliphatic carbocycles. The van der Waals surface area contributed by atoms with Crippen molar-refractivity contribution in [2.24, 2.45) is 0 Å². The molecule has 0 spiro atoms. The second kappa shape index (κ2) is 6.39. The van der Waals surface area contributed by atoms with E-state index in [1.54, 1.807) is 18.9 Å². The molecule has 1 amide bonds. The van der Waals surface area contributed by atoms with E-state index in [9.17, 15) is 4.79 Å². The lowest BCUT2D eigenvalue weighted by molar-refractivity contribution is -0.122. The minimum Gasteiger partial charge on any atom is -0.353 e. The maximum absolute atomic E-state index is 11.4. The molecule has 0 aliphatic rings. The van der Waals surface area contributed by atoms with Crippen LogP contribution in [-0.4, -0.2) is 36.5 Å². The zero-order valence-corrected chi connectivity index (χ0v) is 9.37. The van der Waals surface area contributed by atoms with Gasteiger partial charge in [0.2, 0.25) is 5.91 Å². The van der Waals surface area contributed by atoms with Crippen molar-refractivity contribution in [2.75, 3.05) is 13.6 Å². The summed E-state index contributed by atoms with van der Waals surface area (Å²) >= 11 is 0. The Morgan fingerprint density at radius 3 is 2.57 bits per heavy atom. The summed E-state index contributed by atoms with van der Waals surface area (Å²) < 4.78 is 0. The molecule has 0 heterocycles. The van der Waals surface area contributed by atoms with Gasteiger partial charge in [-0.05, 0) is 27.3 Å². The van der Waals surface area contributed by atoms with Gasteiger partial charge in [0.25, 0.3) is 0 Å². The molecule has 0 saturated heterocycles. The molecule has 0 aromatic heterocycles. The van der Waals surface area contributed by atoms with E-state index in [4.69, 9.17) is 5.26 Å². The van der Waals surface area contributed by atoms with Crippen LogP contribution in [0.4, 0.5) is 0 Å². The standard InChI is InChI=1S/C10H19N3O/c1-5-8(2)12-10(14)7-13(4)9(3)6-11/h8-9H,5,7H2,1-4H3,(H,12,14). The number of carbonyl (C=O) groups excluding carboxylic acids is 1. The normalized spacial score (nSPS) is 14.6. The van der Waals surface area contributed by atoms with Gasteiger partial charge in [-0.1, -0.05) is 6.92 Å². The number of likely N-dealkylation sites (N-methyl/N-ethyl adjacent to an activating group) is 1. The van der Waals surface area contributed by atoms with Gasteiger partial charge in [0, 0.05) is 6.04 Å². The highest BCUT2D eigenvalue weighted by Gasteiger charge is 2.12. The van der Waals surface area contributed by atoms with Gasteiger partial charge in [-0.3, -0.25) is 9.69 Å². The van der Waals surface area contributed by atoms with Crippen LogP contribution in [0.2, 0.25) is 0 Å². The van der Waals surface area contributed by atoms with E-state index >= 15 is 0 Å². The largest absolute Gasteiger partial charge is 0.353 e. The third-order valence-corrected chi connectivity index (χ3v) is 2.26. The molecule has 0 aromatic carbocycles. The summed E-state index contributed by atoms with van der Waals surface area (Å²) in [4.78, 5) is 13.1. The van der Waals surface area contributed by atoms with Crippen LogP contribution >= 0.6 is 0 Å². The SMILES string of the molecule is CCC(C)NC(=O)CN(C)C(C)C#N. The first-order valence-corrected chi connectivity index (χ1v) is 4.90. The Morgan fingerprint density at radius 2 is 2.14 bits per heavy atom. The molecule has 14 heavy (non-hydrogen) atoms. The van der Waals surface area contributed by atoms with Gasteiger partial charge in [0.15, 0.2) is 0 Å². The van der Waals surface area contributed by atoms with Crippen LogP contribution in [-0.2, 0) is 4.79 Å². The van der Waals surface area contributed by atoms with Crippen LogP contribution in [0.25, 0.3) is 0 Å². The van der Waals surface area contributed by atoms with Crippen LogP contribution < -0.4 is 5.32 Å². The topological polar surface area (TPSA) is 56.1 Å². The van der Waals surface area contributed by atoms with Gasteiger partial charge in [0.05, 0.1) is 18.7 Å². The first-order valence-electron chi connectivity index (χ1n) is 4.90. The highest BCUT2D eigenvalue weighted by Crippen LogP contribution is 1.93. The minimum absolute atomic E-state index is 0.0241. The average molecular weight is 197 g/mol. The average Bonchev–Trinajstić information content (AvgIpc) is 2.15. The summed E-state index contributed by atoms with van der Waals surface area (Å²) in [7, 11) is 1.77. The molecule has 0 saturated carbocycles. The molecular formula is C10H19N3O. The van der Waals surface area contributed by atoms with Crippen LogP contribution in [0.5, 0.6) is 0 Å². The summed E-state index contributed by atoms with van der Waals surface area (Å²) in [6.07, 6.45) is 0.920. The van der Waals surface area contributed by atoms with Gasteiger partial charge < -0.3 is 5.32 Å². The molecule has 4 heteroatoms. The number of carbonyl (C=O) groups is 1. The number of hydrogen-bond acceptors (Lipinski definition) is 3. The van der Waals surface area contributed by atoms with Gasteiger partial charge in [0.1, 0.15) is 0 Å². The Morgan fingerprint density at radius 1 is 1.57 bits per heavy atom. The van der Waals surface area contributed by atoms with E-state index in [1.165, 1.54) is 0 Å². The van der Waals surface area contributed by atoms with Crippen molar-refractivity contribution in [1.82, 2.24) is 10.2 Å². The Bertz CT molecular complexity index is 222. The second-order valence-electron chi connectivity index (χ2n) is 3.60. The Kier molecular flexibility index (Phi) is 5.89. The van der Waals surface area contributed by atoms with Crippen molar-refractivity contribution in [1.29, 1.82) is 5.26 Å². The molecule has 0 fully saturated rings. The van der Waals surface area contributed by atoms with Crippen LogP contribution in [0.1, 0.15) is 27.2 Å². The number of amides is 1. The van der Waals surface area contributed by atoms with Crippen molar-refractivity contribution < 1.29 is 4.79 Å². The smallest absolute Gasteiger partial charge is 0.234 e. The second-order valence-corrected chi connectivity index (χ2v) is 3.60. The quantitative estimate of drug-likeness (QED) is 0.707. The number of nitrogens with zero attached hydrogens (tertiary/aromatic N) is 2. The predicted molar refractivity (Wildman–Crippen MR) is 55.6 cm³/mol. The molecule has 0 bridgehead atoms. The maximum atomic E-state index is 11.4.